The number of anilines is 1. The fourth-order valence-corrected chi connectivity index (χ4v) is 2.15. The molecule has 17 heavy (non-hydrogen) atoms. The molecule has 1 aromatic carbocycles. The first-order valence-corrected chi connectivity index (χ1v) is 6.03. The van der Waals surface area contributed by atoms with Crippen molar-refractivity contribution in [2.45, 2.75) is 27.2 Å². The smallest absolute Gasteiger partial charge is 0.235 e. The van der Waals surface area contributed by atoms with E-state index in [1.807, 2.05) is 32.9 Å². The molecule has 1 fully saturated rings. The van der Waals surface area contributed by atoms with Crippen molar-refractivity contribution in [2.75, 3.05) is 18.5 Å². The van der Waals surface area contributed by atoms with Gasteiger partial charge in [-0.15, -0.1) is 0 Å². The summed E-state index contributed by atoms with van der Waals surface area (Å²) in [6.07, 6.45) is 0.823. The number of carbonyl (C=O) groups is 1. The molecule has 0 spiro atoms. The molecule has 0 aliphatic carbocycles. The van der Waals surface area contributed by atoms with Crippen LogP contribution in [-0.4, -0.2) is 19.1 Å². The molecule has 2 rings (SSSR count). The van der Waals surface area contributed by atoms with Gasteiger partial charge in [-0.3, -0.25) is 4.79 Å². The van der Waals surface area contributed by atoms with E-state index in [-0.39, 0.29) is 11.3 Å². The Labute approximate surface area is 102 Å². The van der Waals surface area contributed by atoms with Gasteiger partial charge < -0.3 is 10.1 Å². The summed E-state index contributed by atoms with van der Waals surface area (Å²) in [5.41, 5.74) is 2.90. The Morgan fingerprint density at radius 2 is 1.88 bits per heavy atom. The Kier molecular flexibility index (Phi) is 3.20. The van der Waals surface area contributed by atoms with Crippen molar-refractivity contribution in [2.24, 2.45) is 5.41 Å². The molecule has 1 aliphatic heterocycles. The normalized spacial score (nSPS) is 17.4. The van der Waals surface area contributed by atoms with Crippen LogP contribution in [0.2, 0.25) is 0 Å². The number of aryl methyl sites for hydroxylation is 2. The van der Waals surface area contributed by atoms with Crippen LogP contribution in [0, 0.1) is 19.3 Å². The number of carbonyl (C=O) groups excluding carboxylic acids is 1. The summed E-state index contributed by atoms with van der Waals surface area (Å²) in [6.45, 7) is 7.18. The van der Waals surface area contributed by atoms with E-state index in [1.54, 1.807) is 0 Å². The molecule has 3 heteroatoms. The van der Waals surface area contributed by atoms with Crippen molar-refractivity contribution in [3.05, 3.63) is 29.3 Å². The molecule has 0 aromatic heterocycles. The highest BCUT2D eigenvalue weighted by Gasteiger charge is 2.44. The van der Waals surface area contributed by atoms with Crippen LogP contribution in [0.25, 0.3) is 0 Å². The zero-order valence-electron chi connectivity index (χ0n) is 10.7. The van der Waals surface area contributed by atoms with Gasteiger partial charge in [0.2, 0.25) is 5.91 Å². The van der Waals surface area contributed by atoms with Gasteiger partial charge in [0.1, 0.15) is 0 Å². The predicted octanol–water partition coefficient (Wildman–Crippen LogP) is 2.67. The maximum Gasteiger partial charge on any atom is 0.235 e. The SMILES string of the molecule is CCC1(C(=O)Nc2cc(C)cc(C)c2)COC1. The van der Waals surface area contributed by atoms with E-state index in [0.29, 0.717) is 13.2 Å². The first-order valence-electron chi connectivity index (χ1n) is 6.03. The van der Waals surface area contributed by atoms with E-state index in [4.69, 9.17) is 4.74 Å². The highest BCUT2D eigenvalue weighted by molar-refractivity contribution is 5.96. The second-order valence-corrected chi connectivity index (χ2v) is 4.96. The molecule has 0 unspecified atom stereocenters. The summed E-state index contributed by atoms with van der Waals surface area (Å²) in [7, 11) is 0. The number of ether oxygens (including phenoxy) is 1. The lowest BCUT2D eigenvalue weighted by atomic mass is 9.82. The summed E-state index contributed by atoms with van der Waals surface area (Å²) in [6, 6.07) is 6.08. The highest BCUT2D eigenvalue weighted by Crippen LogP contribution is 2.32. The third-order valence-electron chi connectivity index (χ3n) is 3.39. The molecule has 0 saturated carbocycles. The number of hydrogen-bond acceptors (Lipinski definition) is 2. The zero-order valence-corrected chi connectivity index (χ0v) is 10.7. The van der Waals surface area contributed by atoms with Crippen molar-refractivity contribution < 1.29 is 9.53 Å². The van der Waals surface area contributed by atoms with E-state index < -0.39 is 0 Å². The molecular formula is C14H19NO2. The monoisotopic (exact) mass is 233 g/mol. The third kappa shape index (κ3) is 2.34. The van der Waals surface area contributed by atoms with Crippen LogP contribution in [0.3, 0.4) is 0 Å². The molecule has 0 bridgehead atoms. The van der Waals surface area contributed by atoms with Gasteiger partial charge in [-0.2, -0.15) is 0 Å². The topological polar surface area (TPSA) is 38.3 Å². The van der Waals surface area contributed by atoms with Crippen molar-refractivity contribution in [3.63, 3.8) is 0 Å². The Balaban J connectivity index is 2.12. The minimum absolute atomic E-state index is 0.0799. The van der Waals surface area contributed by atoms with Crippen molar-refractivity contribution >= 4 is 11.6 Å². The molecule has 92 valence electrons. The Morgan fingerprint density at radius 3 is 2.29 bits per heavy atom. The van der Waals surface area contributed by atoms with Gasteiger partial charge in [-0.05, 0) is 43.5 Å². The lowest BCUT2D eigenvalue weighted by Gasteiger charge is -2.39. The van der Waals surface area contributed by atoms with E-state index in [1.165, 1.54) is 0 Å². The molecule has 1 amide bonds. The first-order chi connectivity index (χ1) is 8.05. The van der Waals surface area contributed by atoms with Crippen molar-refractivity contribution in [3.8, 4) is 0 Å². The van der Waals surface area contributed by atoms with Crippen LogP contribution < -0.4 is 5.32 Å². The first kappa shape index (κ1) is 12.1. The Morgan fingerprint density at radius 1 is 1.29 bits per heavy atom. The Bertz CT molecular complexity index is 410. The van der Waals surface area contributed by atoms with Gasteiger partial charge in [0.25, 0.3) is 0 Å². The van der Waals surface area contributed by atoms with E-state index in [2.05, 4.69) is 11.4 Å². The minimum Gasteiger partial charge on any atom is -0.379 e. The van der Waals surface area contributed by atoms with E-state index in [9.17, 15) is 4.79 Å². The number of benzene rings is 1. The Hall–Kier alpha value is -1.35. The average molecular weight is 233 g/mol. The molecule has 3 nitrogen and oxygen atoms in total. The van der Waals surface area contributed by atoms with Crippen LogP contribution >= 0.6 is 0 Å². The highest BCUT2D eigenvalue weighted by atomic mass is 16.5. The maximum absolute atomic E-state index is 12.2. The minimum atomic E-state index is -0.308. The number of amides is 1. The average Bonchev–Trinajstić information content (AvgIpc) is 2.14. The number of rotatable bonds is 3. The van der Waals surface area contributed by atoms with Crippen LogP contribution in [0.1, 0.15) is 24.5 Å². The molecular weight excluding hydrogens is 214 g/mol. The third-order valence-corrected chi connectivity index (χ3v) is 3.39. The van der Waals surface area contributed by atoms with Gasteiger partial charge in [-0.1, -0.05) is 13.0 Å². The quantitative estimate of drug-likeness (QED) is 0.871. The second-order valence-electron chi connectivity index (χ2n) is 4.96. The summed E-state index contributed by atoms with van der Waals surface area (Å²) in [5.74, 6) is 0.0799. The second kappa shape index (κ2) is 4.49. The van der Waals surface area contributed by atoms with E-state index in [0.717, 1.165) is 23.2 Å². The standard InChI is InChI=1S/C14H19NO2/c1-4-14(8-17-9-14)13(16)15-12-6-10(2)5-11(3)7-12/h5-7H,4,8-9H2,1-3H3,(H,15,16). The van der Waals surface area contributed by atoms with Gasteiger partial charge in [0.15, 0.2) is 0 Å². The van der Waals surface area contributed by atoms with Gasteiger partial charge in [0.05, 0.1) is 18.6 Å². The van der Waals surface area contributed by atoms with Gasteiger partial charge in [-0.25, -0.2) is 0 Å². The largest absolute Gasteiger partial charge is 0.379 e. The van der Waals surface area contributed by atoms with Crippen molar-refractivity contribution in [1.29, 1.82) is 0 Å². The zero-order chi connectivity index (χ0) is 12.5. The molecule has 1 aromatic rings. The summed E-state index contributed by atoms with van der Waals surface area (Å²) >= 11 is 0. The molecule has 0 atom stereocenters. The fraction of sp³-hybridized carbons (Fsp3) is 0.500. The molecule has 0 radical (unpaired) electrons. The van der Waals surface area contributed by atoms with Crippen LogP contribution in [-0.2, 0) is 9.53 Å². The predicted molar refractivity (Wildman–Crippen MR) is 68.1 cm³/mol. The van der Waals surface area contributed by atoms with E-state index >= 15 is 0 Å². The lowest BCUT2D eigenvalue weighted by Crippen LogP contribution is -2.51. The van der Waals surface area contributed by atoms with Crippen LogP contribution in [0.4, 0.5) is 5.69 Å². The molecule has 1 saturated heterocycles. The van der Waals surface area contributed by atoms with Gasteiger partial charge in [0, 0.05) is 5.69 Å². The molecule has 1 aliphatic rings. The summed E-state index contributed by atoms with van der Waals surface area (Å²) < 4.78 is 5.17. The fourth-order valence-electron chi connectivity index (χ4n) is 2.15. The lowest BCUT2D eigenvalue weighted by molar-refractivity contribution is -0.156. The van der Waals surface area contributed by atoms with Crippen LogP contribution in [0.15, 0.2) is 18.2 Å². The van der Waals surface area contributed by atoms with Crippen molar-refractivity contribution in [1.82, 2.24) is 0 Å². The number of hydrogen-bond donors (Lipinski definition) is 1. The summed E-state index contributed by atoms with van der Waals surface area (Å²) in [4.78, 5) is 12.2. The maximum atomic E-state index is 12.2. The van der Waals surface area contributed by atoms with Gasteiger partial charge >= 0.3 is 0 Å². The molecule has 1 heterocycles. The summed E-state index contributed by atoms with van der Waals surface area (Å²) in [5, 5.41) is 3.00. The molecule has 1 N–H and O–H groups in total. The van der Waals surface area contributed by atoms with Crippen LogP contribution in [0.5, 0.6) is 0 Å². The number of nitrogens with one attached hydrogen (secondary N) is 1.